The zero-order valence-corrected chi connectivity index (χ0v) is 14.6. The lowest BCUT2D eigenvalue weighted by atomic mass is 9.72. The van der Waals surface area contributed by atoms with E-state index in [-0.39, 0.29) is 22.5 Å². The summed E-state index contributed by atoms with van der Waals surface area (Å²) in [6.45, 7) is 12.3. The van der Waals surface area contributed by atoms with Crippen molar-refractivity contribution in [1.82, 2.24) is 0 Å². The number of carbonyl (C=O) groups is 1. The van der Waals surface area contributed by atoms with Gasteiger partial charge in [-0.15, -0.1) is 0 Å². The third-order valence-electron chi connectivity index (χ3n) is 3.78. The predicted molar refractivity (Wildman–Crippen MR) is 86.7 cm³/mol. The van der Waals surface area contributed by atoms with E-state index in [9.17, 15) is 13.6 Å². The molecule has 3 heteroatoms. The molecule has 1 atom stereocenters. The van der Waals surface area contributed by atoms with Crippen molar-refractivity contribution in [2.75, 3.05) is 0 Å². The summed E-state index contributed by atoms with van der Waals surface area (Å²) in [6.07, 6.45) is 1.64. The van der Waals surface area contributed by atoms with Crippen LogP contribution in [0.15, 0.2) is 18.2 Å². The monoisotopic (exact) mass is 310 g/mol. The molecule has 1 rings (SSSR count). The van der Waals surface area contributed by atoms with Gasteiger partial charge in [0.2, 0.25) is 0 Å². The minimum Gasteiger partial charge on any atom is -0.299 e. The second kappa shape index (κ2) is 6.89. The largest absolute Gasteiger partial charge is 0.299 e. The summed E-state index contributed by atoms with van der Waals surface area (Å²) in [5.74, 6) is -1.01. The quantitative estimate of drug-likeness (QED) is 0.695. The molecule has 124 valence electrons. The van der Waals surface area contributed by atoms with Crippen LogP contribution in [0, 0.1) is 28.4 Å². The highest BCUT2D eigenvalue weighted by molar-refractivity contribution is 5.82. The van der Waals surface area contributed by atoms with Gasteiger partial charge < -0.3 is 0 Å². The Balaban J connectivity index is 2.84. The Morgan fingerprint density at radius 3 is 1.91 bits per heavy atom. The van der Waals surface area contributed by atoms with Gasteiger partial charge in [0.25, 0.3) is 0 Å². The zero-order chi connectivity index (χ0) is 17.1. The zero-order valence-electron chi connectivity index (χ0n) is 14.6. The van der Waals surface area contributed by atoms with E-state index in [0.29, 0.717) is 24.8 Å². The molecule has 0 aliphatic rings. The average Bonchev–Trinajstić information content (AvgIpc) is 2.22. The van der Waals surface area contributed by atoms with Gasteiger partial charge in [-0.1, -0.05) is 41.5 Å². The number of hydrogen-bond donors (Lipinski definition) is 0. The van der Waals surface area contributed by atoms with E-state index >= 15 is 0 Å². The summed E-state index contributed by atoms with van der Waals surface area (Å²) in [5.41, 5.74) is 0.398. The first kappa shape index (κ1) is 18.8. The normalized spacial score (nSPS) is 14.0. The molecule has 1 aromatic rings. The molecule has 0 amide bonds. The number of Topliss-reactive ketones (excluding diaryl/α,β-unsaturated/α-hetero) is 1. The van der Waals surface area contributed by atoms with Crippen molar-refractivity contribution in [1.29, 1.82) is 0 Å². The summed E-state index contributed by atoms with van der Waals surface area (Å²) in [5, 5.41) is 0. The van der Waals surface area contributed by atoms with Crippen LogP contribution in [0.5, 0.6) is 0 Å². The van der Waals surface area contributed by atoms with Gasteiger partial charge in [-0.25, -0.2) is 8.78 Å². The molecule has 1 nitrogen and oxygen atoms in total. The number of rotatable bonds is 5. The summed E-state index contributed by atoms with van der Waals surface area (Å²) in [7, 11) is 0. The highest BCUT2D eigenvalue weighted by Gasteiger charge is 2.32. The van der Waals surface area contributed by atoms with Gasteiger partial charge in [0.15, 0.2) is 0 Å². The minimum absolute atomic E-state index is 0.0501. The molecule has 1 aromatic carbocycles. The molecule has 0 spiro atoms. The van der Waals surface area contributed by atoms with Crippen molar-refractivity contribution in [3.8, 4) is 0 Å². The highest BCUT2D eigenvalue weighted by Crippen LogP contribution is 2.34. The Labute approximate surface area is 133 Å². The summed E-state index contributed by atoms with van der Waals surface area (Å²) in [4.78, 5) is 12.6. The van der Waals surface area contributed by atoms with E-state index in [0.717, 1.165) is 6.07 Å². The van der Waals surface area contributed by atoms with Crippen molar-refractivity contribution < 1.29 is 13.6 Å². The maximum absolute atomic E-state index is 13.3. The fourth-order valence-electron chi connectivity index (χ4n) is 2.79. The number of aryl methyl sites for hydroxylation is 1. The number of ketones is 1. The molecule has 22 heavy (non-hydrogen) atoms. The molecule has 0 saturated heterocycles. The van der Waals surface area contributed by atoms with Crippen LogP contribution in [0.1, 0.15) is 59.9 Å². The maximum atomic E-state index is 13.3. The van der Waals surface area contributed by atoms with Crippen molar-refractivity contribution in [2.24, 2.45) is 16.7 Å². The molecule has 0 aromatic heterocycles. The van der Waals surface area contributed by atoms with Crippen LogP contribution in [0.25, 0.3) is 0 Å². The lowest BCUT2D eigenvalue weighted by Crippen LogP contribution is -2.31. The Morgan fingerprint density at radius 1 is 1.00 bits per heavy atom. The van der Waals surface area contributed by atoms with Crippen LogP contribution in [0.2, 0.25) is 0 Å². The number of benzene rings is 1. The first-order valence-electron chi connectivity index (χ1n) is 7.86. The van der Waals surface area contributed by atoms with Crippen LogP contribution in [-0.4, -0.2) is 5.78 Å². The molecule has 1 unspecified atom stereocenters. The lowest BCUT2D eigenvalue weighted by Gasteiger charge is -2.32. The lowest BCUT2D eigenvalue weighted by molar-refractivity contribution is -0.128. The first-order chi connectivity index (χ1) is 9.88. The van der Waals surface area contributed by atoms with E-state index < -0.39 is 11.6 Å². The standard InChI is InChI=1S/C19H28F2O/c1-18(2,3)12-17(22)16(19(4,5)6)8-7-13-9-14(20)11-15(21)10-13/h9-11,16H,7-8,12H2,1-6H3. The van der Waals surface area contributed by atoms with Crippen LogP contribution in [0.3, 0.4) is 0 Å². The Bertz CT molecular complexity index is 501. The van der Waals surface area contributed by atoms with E-state index in [1.54, 1.807) is 0 Å². The van der Waals surface area contributed by atoms with Gasteiger partial charge in [-0.3, -0.25) is 4.79 Å². The van der Waals surface area contributed by atoms with Crippen LogP contribution < -0.4 is 0 Å². The third kappa shape index (κ3) is 6.25. The van der Waals surface area contributed by atoms with Gasteiger partial charge in [0.1, 0.15) is 17.4 Å². The van der Waals surface area contributed by atoms with Crippen molar-refractivity contribution >= 4 is 5.78 Å². The average molecular weight is 310 g/mol. The molecule has 0 aliphatic heterocycles. The minimum atomic E-state index is -0.566. The Kier molecular flexibility index (Phi) is 5.89. The first-order valence-corrected chi connectivity index (χ1v) is 7.86. The van der Waals surface area contributed by atoms with Gasteiger partial charge in [0.05, 0.1) is 0 Å². The molecule has 0 radical (unpaired) electrons. The van der Waals surface area contributed by atoms with Crippen LogP contribution >= 0.6 is 0 Å². The fraction of sp³-hybridized carbons (Fsp3) is 0.632. The van der Waals surface area contributed by atoms with Gasteiger partial charge >= 0.3 is 0 Å². The van der Waals surface area contributed by atoms with E-state index in [1.165, 1.54) is 12.1 Å². The third-order valence-corrected chi connectivity index (χ3v) is 3.78. The molecule has 0 aliphatic carbocycles. The molecule has 0 N–H and O–H groups in total. The van der Waals surface area contributed by atoms with E-state index in [1.807, 2.05) is 41.5 Å². The van der Waals surface area contributed by atoms with E-state index in [2.05, 4.69) is 0 Å². The van der Waals surface area contributed by atoms with Crippen LogP contribution in [-0.2, 0) is 11.2 Å². The van der Waals surface area contributed by atoms with E-state index in [4.69, 9.17) is 0 Å². The number of halogens is 2. The summed E-state index contributed by atoms with van der Waals surface area (Å²) < 4.78 is 26.5. The predicted octanol–water partition coefficient (Wildman–Crippen LogP) is 5.57. The molecule has 0 saturated carbocycles. The van der Waals surface area contributed by atoms with Crippen LogP contribution in [0.4, 0.5) is 8.78 Å². The number of hydrogen-bond acceptors (Lipinski definition) is 1. The van der Waals surface area contributed by atoms with Gasteiger partial charge in [-0.2, -0.15) is 0 Å². The smallest absolute Gasteiger partial charge is 0.137 e. The van der Waals surface area contributed by atoms with Crippen molar-refractivity contribution in [3.05, 3.63) is 35.4 Å². The fourth-order valence-corrected chi connectivity index (χ4v) is 2.79. The summed E-state index contributed by atoms with van der Waals surface area (Å²) >= 11 is 0. The summed E-state index contributed by atoms with van der Waals surface area (Å²) in [6, 6.07) is 3.56. The van der Waals surface area contributed by atoms with Crippen molar-refractivity contribution in [3.63, 3.8) is 0 Å². The highest BCUT2D eigenvalue weighted by atomic mass is 19.1. The second-order valence-corrected chi connectivity index (χ2v) is 8.44. The Hall–Kier alpha value is -1.25. The Morgan fingerprint density at radius 2 is 1.50 bits per heavy atom. The second-order valence-electron chi connectivity index (χ2n) is 8.44. The molecular formula is C19H28F2O. The topological polar surface area (TPSA) is 17.1 Å². The molecular weight excluding hydrogens is 282 g/mol. The number of carbonyl (C=O) groups excluding carboxylic acids is 1. The molecule has 0 heterocycles. The molecule has 0 fully saturated rings. The maximum Gasteiger partial charge on any atom is 0.137 e. The van der Waals surface area contributed by atoms with Gasteiger partial charge in [-0.05, 0) is 41.4 Å². The molecule has 0 bridgehead atoms. The SMILES string of the molecule is CC(C)(C)CC(=O)C(CCc1cc(F)cc(F)c1)C(C)(C)C. The van der Waals surface area contributed by atoms with Gasteiger partial charge in [0, 0.05) is 18.4 Å². The van der Waals surface area contributed by atoms with Crippen molar-refractivity contribution in [2.45, 2.75) is 60.8 Å².